The molecule has 1 aromatic rings. The highest BCUT2D eigenvalue weighted by molar-refractivity contribution is 6.46. The van der Waals surface area contributed by atoms with Crippen molar-refractivity contribution < 1.29 is 29.1 Å². The summed E-state index contributed by atoms with van der Waals surface area (Å²) in [7, 11) is -4.61. The number of rotatable bonds is 1. The van der Waals surface area contributed by atoms with E-state index < -0.39 is 15.0 Å². The maximum absolute atomic E-state index is 10.2. The van der Waals surface area contributed by atoms with Crippen LogP contribution in [-0.4, -0.2) is 39.3 Å². The Balaban J connectivity index is 0.000000292. The molecule has 6 nitrogen and oxygen atoms in total. The first-order chi connectivity index (χ1) is 6.30. The smallest absolute Gasteiger partial charge is 0.478 e. The van der Waals surface area contributed by atoms with Crippen molar-refractivity contribution >= 4 is 15.0 Å². The lowest BCUT2D eigenvalue weighted by atomic mass is 10.2. The summed E-state index contributed by atoms with van der Waals surface area (Å²) in [6.07, 6.45) is 0. The van der Waals surface area contributed by atoms with E-state index in [1.807, 2.05) is 0 Å². The van der Waals surface area contributed by atoms with E-state index in [-0.39, 0.29) is 0 Å². The molecule has 0 saturated carbocycles. The molecule has 0 unspecified atom stereocenters. The fourth-order valence-electron chi connectivity index (χ4n) is 0.581. The molecular weight excluding hydrogens is 208 g/mol. The summed E-state index contributed by atoms with van der Waals surface area (Å²) in [6, 6.07) is 8.30. The molecule has 0 aliphatic rings. The third-order valence-corrected chi connectivity index (χ3v) is 1.02. The Morgan fingerprint density at radius 2 is 1.36 bits per heavy atom. The summed E-state index contributed by atoms with van der Waals surface area (Å²) in [5.74, 6) is -0.879. The minimum Gasteiger partial charge on any atom is -0.478 e. The van der Waals surface area contributed by atoms with Gasteiger partial charge >= 0.3 is 15.0 Å². The predicted octanol–water partition coefficient (Wildman–Crippen LogP) is -1.22. The Hall–Kier alpha value is -1.25. The molecule has 0 aliphatic carbocycles. The van der Waals surface area contributed by atoms with Crippen LogP contribution < -0.4 is 0 Å². The molecule has 0 aliphatic heterocycles. The second kappa shape index (κ2) is 5.47. The molecule has 0 heterocycles. The molecule has 5 N–H and O–H groups in total. The van der Waals surface area contributed by atoms with Crippen LogP contribution in [-0.2, 0) is 0 Å². The molecule has 1 rings (SSSR count). The standard InChI is InChI=1S/C7H6O2.H4O4Si/c8-7(9)6-4-2-1-3-5-6;1-5(2,3)4/h1-5H,(H,8,9);1-4H. The van der Waals surface area contributed by atoms with E-state index >= 15 is 0 Å². The van der Waals surface area contributed by atoms with Gasteiger partial charge < -0.3 is 24.3 Å². The quantitative estimate of drug-likeness (QED) is 0.377. The molecule has 78 valence electrons. The van der Waals surface area contributed by atoms with Gasteiger partial charge in [-0.15, -0.1) is 0 Å². The average molecular weight is 218 g/mol. The highest BCUT2D eigenvalue weighted by atomic mass is 28.4. The Morgan fingerprint density at radius 3 is 1.57 bits per heavy atom. The van der Waals surface area contributed by atoms with Gasteiger partial charge in [0.25, 0.3) is 0 Å². The van der Waals surface area contributed by atoms with Gasteiger partial charge in [-0.2, -0.15) is 0 Å². The Labute approximate surface area is 80.8 Å². The molecule has 0 bridgehead atoms. The van der Waals surface area contributed by atoms with Crippen LogP contribution in [0.4, 0.5) is 0 Å². The summed E-state index contributed by atoms with van der Waals surface area (Å²) in [4.78, 5) is 39.5. The molecule has 7 heteroatoms. The van der Waals surface area contributed by atoms with Crippen molar-refractivity contribution in [2.24, 2.45) is 0 Å². The number of carbonyl (C=O) groups is 1. The second-order valence-electron chi connectivity index (χ2n) is 2.27. The molecule has 14 heavy (non-hydrogen) atoms. The second-order valence-corrected chi connectivity index (χ2v) is 3.47. The van der Waals surface area contributed by atoms with Crippen LogP contribution in [0.5, 0.6) is 0 Å². The number of hydrogen-bond acceptors (Lipinski definition) is 5. The lowest BCUT2D eigenvalue weighted by Crippen LogP contribution is -2.33. The highest BCUT2D eigenvalue weighted by Crippen LogP contribution is 1.96. The molecule has 1 aromatic carbocycles. The number of hydrogen-bond donors (Lipinski definition) is 5. The molecule has 0 aromatic heterocycles. The number of carboxylic acids is 1. The lowest BCUT2D eigenvalue weighted by Gasteiger charge is -1.91. The third kappa shape index (κ3) is 8.84. The van der Waals surface area contributed by atoms with E-state index in [9.17, 15) is 4.79 Å². The van der Waals surface area contributed by atoms with E-state index in [1.165, 1.54) is 0 Å². The molecular formula is C7H10O6Si. The Bertz CT molecular complexity index is 274. The number of aromatic carboxylic acids is 1. The van der Waals surface area contributed by atoms with E-state index in [2.05, 4.69) is 0 Å². The maximum atomic E-state index is 10.2. The van der Waals surface area contributed by atoms with E-state index in [0.29, 0.717) is 5.56 Å². The monoisotopic (exact) mass is 218 g/mol. The van der Waals surface area contributed by atoms with Crippen LogP contribution >= 0.6 is 0 Å². The summed E-state index contributed by atoms with van der Waals surface area (Å²) >= 11 is 0. The van der Waals surface area contributed by atoms with Gasteiger partial charge in [0.15, 0.2) is 0 Å². The largest absolute Gasteiger partial charge is 0.668 e. The van der Waals surface area contributed by atoms with Crippen molar-refractivity contribution in [1.82, 2.24) is 0 Å². The fourth-order valence-corrected chi connectivity index (χ4v) is 0.581. The van der Waals surface area contributed by atoms with Crippen LogP contribution in [0.3, 0.4) is 0 Å². The summed E-state index contributed by atoms with van der Waals surface area (Å²) < 4.78 is 0. The number of carboxylic acid groups (broad SMARTS) is 1. The molecule has 0 spiro atoms. The minimum atomic E-state index is -4.61. The van der Waals surface area contributed by atoms with Gasteiger partial charge in [-0.05, 0) is 12.1 Å². The van der Waals surface area contributed by atoms with Crippen LogP contribution in [0.25, 0.3) is 0 Å². The zero-order valence-electron chi connectivity index (χ0n) is 7.03. The van der Waals surface area contributed by atoms with E-state index in [0.717, 1.165) is 0 Å². The van der Waals surface area contributed by atoms with Crippen molar-refractivity contribution in [3.05, 3.63) is 35.9 Å². The van der Waals surface area contributed by atoms with Crippen LogP contribution in [0, 0.1) is 0 Å². The average Bonchev–Trinajstić information content (AvgIpc) is 2.03. The molecule has 0 radical (unpaired) electrons. The van der Waals surface area contributed by atoms with Crippen molar-refractivity contribution in [3.8, 4) is 0 Å². The van der Waals surface area contributed by atoms with Crippen molar-refractivity contribution in [1.29, 1.82) is 0 Å². The van der Waals surface area contributed by atoms with E-state index in [1.54, 1.807) is 30.3 Å². The van der Waals surface area contributed by atoms with Gasteiger partial charge in [0, 0.05) is 0 Å². The third-order valence-electron chi connectivity index (χ3n) is 1.02. The van der Waals surface area contributed by atoms with E-state index in [4.69, 9.17) is 24.3 Å². The van der Waals surface area contributed by atoms with Crippen molar-refractivity contribution in [2.75, 3.05) is 0 Å². The summed E-state index contributed by atoms with van der Waals surface area (Å²) in [5.41, 5.74) is 0.331. The van der Waals surface area contributed by atoms with Gasteiger partial charge in [-0.3, -0.25) is 0 Å². The molecule has 0 amide bonds. The van der Waals surface area contributed by atoms with Crippen molar-refractivity contribution in [3.63, 3.8) is 0 Å². The van der Waals surface area contributed by atoms with Crippen LogP contribution in [0.2, 0.25) is 0 Å². The molecule has 0 fully saturated rings. The number of benzene rings is 1. The topological polar surface area (TPSA) is 118 Å². The Morgan fingerprint density at radius 1 is 1.00 bits per heavy atom. The zero-order chi connectivity index (χ0) is 11.2. The molecule has 0 atom stereocenters. The fraction of sp³-hybridized carbons (Fsp3) is 0. The van der Waals surface area contributed by atoms with Gasteiger partial charge in [0.05, 0.1) is 5.56 Å². The highest BCUT2D eigenvalue weighted by Gasteiger charge is 2.22. The van der Waals surface area contributed by atoms with Gasteiger partial charge in [0.2, 0.25) is 0 Å². The van der Waals surface area contributed by atoms with Gasteiger partial charge in [0.1, 0.15) is 0 Å². The molecule has 0 saturated heterocycles. The normalized spacial score (nSPS) is 10.0. The van der Waals surface area contributed by atoms with Gasteiger partial charge in [-0.25, -0.2) is 4.79 Å². The first-order valence-corrected chi connectivity index (χ1v) is 5.27. The lowest BCUT2D eigenvalue weighted by molar-refractivity contribution is 0.0696. The Kier molecular flexibility index (Phi) is 4.98. The first-order valence-electron chi connectivity index (χ1n) is 3.48. The van der Waals surface area contributed by atoms with Crippen LogP contribution in [0.15, 0.2) is 30.3 Å². The van der Waals surface area contributed by atoms with Crippen molar-refractivity contribution in [2.45, 2.75) is 0 Å². The van der Waals surface area contributed by atoms with Gasteiger partial charge in [-0.1, -0.05) is 18.2 Å². The minimum absolute atomic E-state index is 0.331. The SMILES string of the molecule is O=C(O)c1ccccc1.O[Si](O)(O)O. The zero-order valence-corrected chi connectivity index (χ0v) is 8.03. The predicted molar refractivity (Wildman–Crippen MR) is 48.0 cm³/mol. The van der Waals surface area contributed by atoms with Crippen LogP contribution in [0.1, 0.15) is 10.4 Å². The summed E-state index contributed by atoms with van der Waals surface area (Å²) in [5, 5.41) is 8.38. The summed E-state index contributed by atoms with van der Waals surface area (Å²) in [6.45, 7) is 0. The first kappa shape index (κ1) is 12.7. The maximum Gasteiger partial charge on any atom is 0.668 e.